The van der Waals surface area contributed by atoms with Crippen molar-refractivity contribution in [1.29, 1.82) is 0 Å². The summed E-state index contributed by atoms with van der Waals surface area (Å²) in [5.41, 5.74) is 2.27. The monoisotopic (exact) mass is 287 g/mol. The highest BCUT2D eigenvalue weighted by atomic mass is 16.5. The van der Waals surface area contributed by atoms with Gasteiger partial charge in [0.2, 0.25) is 11.7 Å². The number of nitrogens with zero attached hydrogens (tertiary/aromatic N) is 3. The molecular formula is C16H21N3O2. The van der Waals surface area contributed by atoms with Crippen LogP contribution in [0.5, 0.6) is 0 Å². The lowest BCUT2D eigenvalue weighted by Gasteiger charge is -2.17. The van der Waals surface area contributed by atoms with E-state index in [1.807, 2.05) is 12.1 Å². The van der Waals surface area contributed by atoms with Crippen molar-refractivity contribution in [3.8, 4) is 11.4 Å². The lowest BCUT2D eigenvalue weighted by Crippen LogP contribution is -2.28. The van der Waals surface area contributed by atoms with E-state index < -0.39 is 0 Å². The molecule has 5 nitrogen and oxygen atoms in total. The van der Waals surface area contributed by atoms with Crippen LogP contribution in [0.25, 0.3) is 11.4 Å². The fourth-order valence-corrected chi connectivity index (χ4v) is 2.46. The molecule has 0 saturated heterocycles. The van der Waals surface area contributed by atoms with Gasteiger partial charge < -0.3 is 9.63 Å². The standard InChI is InChI=1S/C16H21N3O2/c1-2-12-3-5-13(6-4-12)16-17-15(21-18-16)11-19(9-10-20)14-7-8-14/h3-6,14,20H,2,7-11H2,1H3. The summed E-state index contributed by atoms with van der Waals surface area (Å²) < 4.78 is 5.35. The molecule has 1 heterocycles. The number of aliphatic hydroxyl groups is 1. The zero-order valence-electron chi connectivity index (χ0n) is 12.3. The Labute approximate surface area is 124 Å². The molecule has 1 aromatic heterocycles. The summed E-state index contributed by atoms with van der Waals surface area (Å²) in [6.45, 7) is 3.57. The van der Waals surface area contributed by atoms with Crippen LogP contribution in [-0.2, 0) is 13.0 Å². The minimum absolute atomic E-state index is 0.163. The number of hydrogen-bond acceptors (Lipinski definition) is 5. The summed E-state index contributed by atoms with van der Waals surface area (Å²) in [6, 6.07) is 8.80. The largest absolute Gasteiger partial charge is 0.395 e. The van der Waals surface area contributed by atoms with Gasteiger partial charge in [-0.1, -0.05) is 36.3 Å². The second-order valence-corrected chi connectivity index (χ2v) is 5.49. The van der Waals surface area contributed by atoms with Crippen LogP contribution in [0.2, 0.25) is 0 Å². The number of rotatable bonds is 7. The fourth-order valence-electron chi connectivity index (χ4n) is 2.46. The van der Waals surface area contributed by atoms with E-state index in [1.165, 1.54) is 18.4 Å². The average molecular weight is 287 g/mol. The topological polar surface area (TPSA) is 62.4 Å². The molecule has 1 aromatic carbocycles. The highest BCUT2D eigenvalue weighted by molar-refractivity contribution is 5.54. The summed E-state index contributed by atoms with van der Waals surface area (Å²) >= 11 is 0. The molecule has 0 spiro atoms. The third kappa shape index (κ3) is 3.49. The Balaban J connectivity index is 1.69. The lowest BCUT2D eigenvalue weighted by molar-refractivity contribution is 0.167. The van der Waals surface area contributed by atoms with Crippen LogP contribution >= 0.6 is 0 Å². The van der Waals surface area contributed by atoms with Gasteiger partial charge in [0.1, 0.15) is 0 Å². The molecule has 0 atom stereocenters. The summed E-state index contributed by atoms with van der Waals surface area (Å²) in [7, 11) is 0. The number of hydrogen-bond donors (Lipinski definition) is 1. The molecule has 5 heteroatoms. The molecule has 0 radical (unpaired) electrons. The number of aryl methyl sites for hydroxylation is 1. The maximum atomic E-state index is 9.12. The van der Waals surface area contributed by atoms with Gasteiger partial charge in [0.15, 0.2) is 0 Å². The summed E-state index contributed by atoms with van der Waals surface area (Å²) in [4.78, 5) is 6.67. The van der Waals surface area contributed by atoms with E-state index in [-0.39, 0.29) is 6.61 Å². The first-order valence-corrected chi connectivity index (χ1v) is 7.57. The van der Waals surface area contributed by atoms with Crippen molar-refractivity contribution in [2.75, 3.05) is 13.2 Å². The van der Waals surface area contributed by atoms with Gasteiger partial charge >= 0.3 is 0 Å². The predicted molar refractivity (Wildman–Crippen MR) is 79.6 cm³/mol. The third-order valence-electron chi connectivity index (χ3n) is 3.88. The Morgan fingerprint density at radius 2 is 2.05 bits per heavy atom. The van der Waals surface area contributed by atoms with Crippen molar-refractivity contribution >= 4 is 0 Å². The van der Waals surface area contributed by atoms with E-state index in [9.17, 15) is 0 Å². The van der Waals surface area contributed by atoms with Crippen LogP contribution in [-0.4, -0.2) is 39.3 Å². The first-order chi connectivity index (χ1) is 10.3. The number of aromatic nitrogens is 2. The van der Waals surface area contributed by atoms with Crippen LogP contribution in [0.15, 0.2) is 28.8 Å². The minimum atomic E-state index is 0.163. The molecule has 21 heavy (non-hydrogen) atoms. The molecule has 1 fully saturated rings. The SMILES string of the molecule is CCc1ccc(-c2noc(CN(CCO)C3CC3)n2)cc1. The molecule has 0 bridgehead atoms. The van der Waals surface area contributed by atoms with E-state index in [2.05, 4.69) is 34.1 Å². The van der Waals surface area contributed by atoms with Crippen molar-refractivity contribution in [3.63, 3.8) is 0 Å². The van der Waals surface area contributed by atoms with E-state index in [0.717, 1.165) is 12.0 Å². The molecule has 0 unspecified atom stereocenters. The molecule has 1 N–H and O–H groups in total. The zero-order chi connectivity index (χ0) is 14.7. The Morgan fingerprint density at radius 3 is 2.67 bits per heavy atom. The smallest absolute Gasteiger partial charge is 0.241 e. The van der Waals surface area contributed by atoms with Crippen LogP contribution < -0.4 is 0 Å². The van der Waals surface area contributed by atoms with Gasteiger partial charge in [-0.15, -0.1) is 0 Å². The van der Waals surface area contributed by atoms with E-state index in [4.69, 9.17) is 9.63 Å². The van der Waals surface area contributed by atoms with Crippen molar-refractivity contribution in [2.45, 2.75) is 38.8 Å². The maximum Gasteiger partial charge on any atom is 0.241 e. The fraction of sp³-hybridized carbons (Fsp3) is 0.500. The molecule has 0 amide bonds. The Kier molecular flexibility index (Phi) is 4.31. The molecule has 2 aromatic rings. The van der Waals surface area contributed by atoms with Crippen molar-refractivity contribution < 1.29 is 9.63 Å². The maximum absolute atomic E-state index is 9.12. The predicted octanol–water partition coefficient (Wildman–Crippen LogP) is 2.26. The van der Waals surface area contributed by atoms with Gasteiger partial charge in [-0.2, -0.15) is 4.98 Å². The van der Waals surface area contributed by atoms with Gasteiger partial charge in [0.05, 0.1) is 13.2 Å². The Morgan fingerprint density at radius 1 is 1.29 bits per heavy atom. The summed E-state index contributed by atoms with van der Waals surface area (Å²) in [5, 5.41) is 13.2. The second kappa shape index (κ2) is 6.37. The van der Waals surface area contributed by atoms with Crippen LogP contribution in [0.3, 0.4) is 0 Å². The van der Waals surface area contributed by atoms with Crippen LogP contribution in [0, 0.1) is 0 Å². The molecular weight excluding hydrogens is 266 g/mol. The Hall–Kier alpha value is -1.72. The highest BCUT2D eigenvalue weighted by Gasteiger charge is 2.29. The second-order valence-electron chi connectivity index (χ2n) is 5.49. The van der Waals surface area contributed by atoms with Crippen molar-refractivity contribution in [2.24, 2.45) is 0 Å². The third-order valence-corrected chi connectivity index (χ3v) is 3.88. The number of benzene rings is 1. The van der Waals surface area contributed by atoms with Gasteiger partial charge in [-0.05, 0) is 24.8 Å². The molecule has 3 rings (SSSR count). The molecule has 112 valence electrons. The first-order valence-electron chi connectivity index (χ1n) is 7.57. The highest BCUT2D eigenvalue weighted by Crippen LogP contribution is 2.28. The summed E-state index contributed by atoms with van der Waals surface area (Å²) in [6.07, 6.45) is 3.41. The molecule has 1 aliphatic rings. The van der Waals surface area contributed by atoms with Gasteiger partial charge in [0.25, 0.3) is 0 Å². The molecule has 0 aliphatic heterocycles. The lowest BCUT2D eigenvalue weighted by atomic mass is 10.1. The zero-order valence-corrected chi connectivity index (χ0v) is 12.3. The minimum Gasteiger partial charge on any atom is -0.395 e. The van der Waals surface area contributed by atoms with E-state index in [0.29, 0.717) is 30.8 Å². The Bertz CT molecular complexity index is 575. The van der Waals surface area contributed by atoms with E-state index in [1.54, 1.807) is 0 Å². The first kappa shape index (κ1) is 14.2. The van der Waals surface area contributed by atoms with E-state index >= 15 is 0 Å². The summed E-state index contributed by atoms with van der Waals surface area (Å²) in [5.74, 6) is 1.25. The van der Waals surface area contributed by atoms with Crippen LogP contribution in [0.4, 0.5) is 0 Å². The van der Waals surface area contributed by atoms with Crippen LogP contribution in [0.1, 0.15) is 31.2 Å². The van der Waals surface area contributed by atoms with Gasteiger partial charge in [0, 0.05) is 18.2 Å². The average Bonchev–Trinajstić information content (AvgIpc) is 3.27. The van der Waals surface area contributed by atoms with Gasteiger partial charge in [-0.25, -0.2) is 0 Å². The van der Waals surface area contributed by atoms with Crippen molar-refractivity contribution in [3.05, 3.63) is 35.7 Å². The van der Waals surface area contributed by atoms with Crippen molar-refractivity contribution in [1.82, 2.24) is 15.0 Å². The number of aliphatic hydroxyl groups excluding tert-OH is 1. The molecule has 1 aliphatic carbocycles. The molecule has 1 saturated carbocycles. The normalized spacial score (nSPS) is 14.8. The quantitative estimate of drug-likeness (QED) is 0.846. The van der Waals surface area contributed by atoms with Gasteiger partial charge in [-0.3, -0.25) is 4.90 Å².